The number of hydrogen-bond donors (Lipinski definition) is 1. The minimum atomic E-state index is -4.61. The van der Waals surface area contributed by atoms with Crippen LogP contribution in [0.3, 0.4) is 0 Å². The quantitative estimate of drug-likeness (QED) is 0.858. The fourth-order valence-corrected chi connectivity index (χ4v) is 2.01. The first kappa shape index (κ1) is 14.8. The highest BCUT2D eigenvalue weighted by Crippen LogP contribution is 2.28. The van der Waals surface area contributed by atoms with Crippen molar-refractivity contribution in [3.63, 3.8) is 0 Å². The van der Waals surface area contributed by atoms with E-state index in [1.807, 2.05) is 4.90 Å². The van der Waals surface area contributed by atoms with E-state index in [-0.39, 0.29) is 0 Å². The fraction of sp³-hybridized carbons (Fsp3) is 0.636. The van der Waals surface area contributed by atoms with Crippen molar-refractivity contribution in [2.45, 2.75) is 12.2 Å². The third kappa shape index (κ3) is 3.10. The second kappa shape index (κ2) is 5.80. The van der Waals surface area contributed by atoms with E-state index in [1.165, 1.54) is 6.20 Å². The van der Waals surface area contributed by atoms with Crippen molar-refractivity contribution in [2.24, 2.45) is 5.73 Å². The molecule has 1 aromatic heterocycles. The average molecular weight is 292 g/mol. The van der Waals surface area contributed by atoms with Gasteiger partial charge in [-0.1, -0.05) is 0 Å². The van der Waals surface area contributed by atoms with Crippen LogP contribution >= 0.6 is 0 Å². The van der Waals surface area contributed by atoms with Crippen molar-refractivity contribution >= 4 is 5.69 Å². The molecule has 112 valence electrons. The summed E-state index contributed by atoms with van der Waals surface area (Å²) in [4.78, 5) is 13.7. The zero-order valence-electron chi connectivity index (χ0n) is 10.6. The van der Waals surface area contributed by atoms with Crippen LogP contribution in [0, 0.1) is 0 Å². The first-order valence-corrected chi connectivity index (χ1v) is 6.12. The molecule has 1 atom stereocenters. The van der Waals surface area contributed by atoms with Gasteiger partial charge in [0.1, 0.15) is 0 Å². The number of anilines is 1. The Morgan fingerprint density at radius 3 is 2.55 bits per heavy atom. The summed E-state index contributed by atoms with van der Waals surface area (Å²) in [5.41, 5.74) is 4.77. The second-order valence-electron chi connectivity index (χ2n) is 4.39. The lowest BCUT2D eigenvalue weighted by atomic mass is 10.3. The van der Waals surface area contributed by atoms with Crippen LogP contribution in [0.25, 0.3) is 0 Å². The zero-order valence-corrected chi connectivity index (χ0v) is 10.6. The summed E-state index contributed by atoms with van der Waals surface area (Å²) < 4.78 is 43.7. The van der Waals surface area contributed by atoms with Crippen LogP contribution in [0.4, 0.5) is 18.9 Å². The normalized spacial score (nSPS) is 18.1. The highest BCUT2D eigenvalue weighted by molar-refractivity contribution is 5.43. The lowest BCUT2D eigenvalue weighted by Gasteiger charge is -2.28. The van der Waals surface area contributed by atoms with Crippen molar-refractivity contribution in [1.29, 1.82) is 0 Å². The molecule has 0 aliphatic carbocycles. The molecule has 0 radical (unpaired) electrons. The molecule has 0 aromatic carbocycles. The van der Waals surface area contributed by atoms with Gasteiger partial charge in [-0.05, 0) is 0 Å². The molecule has 20 heavy (non-hydrogen) atoms. The Hall–Kier alpha value is -1.61. The second-order valence-corrected chi connectivity index (χ2v) is 4.39. The van der Waals surface area contributed by atoms with Crippen LogP contribution in [0.1, 0.15) is 6.04 Å². The molecule has 2 N–H and O–H groups in total. The van der Waals surface area contributed by atoms with Gasteiger partial charge in [-0.25, -0.2) is 4.68 Å². The van der Waals surface area contributed by atoms with Gasteiger partial charge in [0.25, 0.3) is 5.56 Å². The van der Waals surface area contributed by atoms with Crippen LogP contribution in [0.2, 0.25) is 0 Å². The lowest BCUT2D eigenvalue weighted by Crippen LogP contribution is -2.41. The molecule has 1 aromatic rings. The van der Waals surface area contributed by atoms with Gasteiger partial charge in [-0.2, -0.15) is 18.3 Å². The maximum absolute atomic E-state index is 12.7. The van der Waals surface area contributed by atoms with Gasteiger partial charge in [0.05, 0.1) is 25.1 Å². The van der Waals surface area contributed by atoms with E-state index >= 15 is 0 Å². The molecule has 0 saturated carbocycles. The van der Waals surface area contributed by atoms with Crippen molar-refractivity contribution in [3.05, 3.63) is 22.6 Å². The first-order valence-electron chi connectivity index (χ1n) is 6.12. The highest BCUT2D eigenvalue weighted by atomic mass is 19.4. The molecule has 0 bridgehead atoms. The summed E-state index contributed by atoms with van der Waals surface area (Å²) in [6.45, 7) is 1.44. The largest absolute Gasteiger partial charge is 0.412 e. The van der Waals surface area contributed by atoms with Crippen LogP contribution in [-0.2, 0) is 4.74 Å². The molecule has 1 aliphatic heterocycles. The molecule has 2 heterocycles. The van der Waals surface area contributed by atoms with Gasteiger partial charge in [0, 0.05) is 25.7 Å². The molecule has 0 spiro atoms. The van der Waals surface area contributed by atoms with Crippen LogP contribution in [0.5, 0.6) is 0 Å². The Balaban J connectivity index is 2.27. The summed E-state index contributed by atoms with van der Waals surface area (Å²) in [6, 6.07) is -0.957. The molecule has 2 rings (SSSR count). The van der Waals surface area contributed by atoms with Gasteiger partial charge in [-0.3, -0.25) is 4.79 Å². The number of ether oxygens (including phenoxy) is 1. The molecule has 9 heteroatoms. The van der Waals surface area contributed by atoms with Gasteiger partial charge in [0.2, 0.25) is 0 Å². The van der Waals surface area contributed by atoms with E-state index in [0.717, 1.165) is 6.07 Å². The van der Waals surface area contributed by atoms with E-state index in [0.29, 0.717) is 36.7 Å². The zero-order chi connectivity index (χ0) is 14.8. The maximum Gasteiger partial charge on any atom is 0.412 e. The number of nitrogens with two attached hydrogens (primary N) is 1. The van der Waals surface area contributed by atoms with Crippen molar-refractivity contribution in [1.82, 2.24) is 9.78 Å². The van der Waals surface area contributed by atoms with Crippen LogP contribution < -0.4 is 16.2 Å². The van der Waals surface area contributed by atoms with E-state index in [4.69, 9.17) is 10.5 Å². The number of halogens is 3. The average Bonchev–Trinajstić information content (AvgIpc) is 2.41. The number of morpholine rings is 1. The number of nitrogens with zero attached hydrogens (tertiary/aromatic N) is 3. The molecule has 6 nitrogen and oxygen atoms in total. The smallest absolute Gasteiger partial charge is 0.378 e. The monoisotopic (exact) mass is 292 g/mol. The van der Waals surface area contributed by atoms with Crippen LogP contribution in [-0.4, -0.2) is 48.8 Å². The third-order valence-electron chi connectivity index (χ3n) is 3.08. The Labute approximate surface area is 112 Å². The Kier molecular flexibility index (Phi) is 4.29. The number of alkyl halides is 3. The molecule has 1 aliphatic rings. The Bertz CT molecular complexity index is 511. The molecule has 1 saturated heterocycles. The fourth-order valence-electron chi connectivity index (χ4n) is 2.01. The molecule has 1 fully saturated rings. The minimum Gasteiger partial charge on any atom is -0.378 e. The van der Waals surface area contributed by atoms with E-state index in [2.05, 4.69) is 5.10 Å². The van der Waals surface area contributed by atoms with Crippen molar-refractivity contribution in [3.8, 4) is 0 Å². The van der Waals surface area contributed by atoms with Gasteiger partial charge < -0.3 is 15.4 Å². The first-order chi connectivity index (χ1) is 9.43. The van der Waals surface area contributed by atoms with Gasteiger partial charge in [-0.15, -0.1) is 0 Å². The standard InChI is InChI=1S/C11H15F3N4O2/c12-11(13,14)9(6-15)18-10(19)5-8(7-16-18)17-1-3-20-4-2-17/h5,7,9H,1-4,6,15H2. The maximum atomic E-state index is 12.7. The SMILES string of the molecule is NCC(n1ncc(N2CCOCC2)cc1=O)C(F)(F)F. The topological polar surface area (TPSA) is 73.4 Å². The highest BCUT2D eigenvalue weighted by Gasteiger charge is 2.41. The van der Waals surface area contributed by atoms with Crippen molar-refractivity contribution < 1.29 is 17.9 Å². The number of aromatic nitrogens is 2. The van der Waals surface area contributed by atoms with E-state index in [9.17, 15) is 18.0 Å². The third-order valence-corrected chi connectivity index (χ3v) is 3.08. The predicted molar refractivity (Wildman–Crippen MR) is 65.7 cm³/mol. The molecular formula is C11H15F3N4O2. The Morgan fingerprint density at radius 2 is 2.05 bits per heavy atom. The van der Waals surface area contributed by atoms with E-state index < -0.39 is 24.3 Å². The van der Waals surface area contributed by atoms with Crippen molar-refractivity contribution in [2.75, 3.05) is 37.7 Å². The predicted octanol–water partition coefficient (Wildman–Crippen LogP) is 0.142. The summed E-state index contributed by atoms with van der Waals surface area (Å²) in [7, 11) is 0. The number of hydrogen-bond acceptors (Lipinski definition) is 5. The number of rotatable bonds is 3. The molecule has 0 amide bonds. The Morgan fingerprint density at radius 1 is 1.40 bits per heavy atom. The van der Waals surface area contributed by atoms with Gasteiger partial charge in [0.15, 0.2) is 6.04 Å². The van der Waals surface area contributed by atoms with Gasteiger partial charge >= 0.3 is 6.18 Å². The lowest BCUT2D eigenvalue weighted by molar-refractivity contribution is -0.168. The summed E-state index contributed by atoms with van der Waals surface area (Å²) in [6.07, 6.45) is -3.35. The molecular weight excluding hydrogens is 277 g/mol. The summed E-state index contributed by atoms with van der Waals surface area (Å²) in [5, 5.41) is 3.61. The van der Waals surface area contributed by atoms with Crippen LogP contribution in [0.15, 0.2) is 17.1 Å². The summed E-state index contributed by atoms with van der Waals surface area (Å²) in [5.74, 6) is 0. The minimum absolute atomic E-state index is 0.379. The molecule has 1 unspecified atom stereocenters. The summed E-state index contributed by atoms with van der Waals surface area (Å²) >= 11 is 0. The van der Waals surface area contributed by atoms with E-state index in [1.54, 1.807) is 0 Å².